The summed E-state index contributed by atoms with van der Waals surface area (Å²) in [5, 5.41) is -0.0310. The van der Waals surface area contributed by atoms with Gasteiger partial charge in [-0.15, -0.1) is 12.6 Å². The van der Waals surface area contributed by atoms with Crippen molar-refractivity contribution < 1.29 is 9.53 Å². The fraction of sp³-hybridized carbons (Fsp3) is 0.857. The molecule has 0 spiro atoms. The average Bonchev–Trinajstić information content (AvgIpc) is 2.03. The normalized spacial score (nSPS) is 20.1. The van der Waals surface area contributed by atoms with Gasteiger partial charge in [0.2, 0.25) is 0 Å². The van der Waals surface area contributed by atoms with Gasteiger partial charge in [-0.1, -0.05) is 0 Å². The number of morpholine rings is 1. The number of hydrogen-bond donors (Lipinski definition) is 1. The van der Waals surface area contributed by atoms with E-state index in [0.29, 0.717) is 6.42 Å². The van der Waals surface area contributed by atoms with Crippen molar-refractivity contribution in [3.63, 3.8) is 0 Å². The van der Waals surface area contributed by atoms with E-state index in [9.17, 15) is 4.79 Å². The Labute approximate surface area is 72.1 Å². The number of carbonyl (C=O) groups excluding carboxylic acids is 1. The van der Waals surface area contributed by atoms with Crippen molar-refractivity contribution in [3.8, 4) is 0 Å². The number of nitrogens with zero attached hydrogens (tertiary/aromatic N) is 1. The molecule has 1 heterocycles. The van der Waals surface area contributed by atoms with E-state index in [1.165, 1.54) is 0 Å². The monoisotopic (exact) mass is 175 g/mol. The van der Waals surface area contributed by atoms with Gasteiger partial charge in [0.05, 0.1) is 13.2 Å². The van der Waals surface area contributed by atoms with Gasteiger partial charge in [-0.05, 0) is 0 Å². The maximum Gasteiger partial charge on any atom is 0.187 e. The van der Waals surface area contributed by atoms with Crippen LogP contribution >= 0.6 is 12.6 Å². The Morgan fingerprint density at radius 3 is 2.64 bits per heavy atom. The van der Waals surface area contributed by atoms with Gasteiger partial charge in [-0.25, -0.2) is 0 Å². The summed E-state index contributed by atoms with van der Waals surface area (Å²) in [6.07, 6.45) is 0.545. The van der Waals surface area contributed by atoms with Crippen molar-refractivity contribution in [2.24, 2.45) is 0 Å². The standard InChI is InChI=1S/C7H13NO2S/c9-7(11)1-2-8-3-5-10-6-4-8/h1-6H2,(H,9,11). The van der Waals surface area contributed by atoms with E-state index in [1.807, 2.05) is 0 Å². The van der Waals surface area contributed by atoms with Gasteiger partial charge in [0, 0.05) is 26.1 Å². The summed E-state index contributed by atoms with van der Waals surface area (Å²) in [6, 6.07) is 0. The second-order valence-electron chi connectivity index (χ2n) is 2.60. The van der Waals surface area contributed by atoms with Crippen LogP contribution < -0.4 is 0 Å². The molecule has 0 unspecified atom stereocenters. The van der Waals surface area contributed by atoms with Crippen molar-refractivity contribution in [3.05, 3.63) is 0 Å². The molecule has 4 heteroatoms. The van der Waals surface area contributed by atoms with Crippen LogP contribution in [-0.4, -0.2) is 42.9 Å². The Morgan fingerprint density at radius 2 is 2.09 bits per heavy atom. The lowest BCUT2D eigenvalue weighted by Crippen LogP contribution is -2.37. The largest absolute Gasteiger partial charge is 0.379 e. The summed E-state index contributed by atoms with van der Waals surface area (Å²) in [7, 11) is 0. The third-order valence-electron chi connectivity index (χ3n) is 1.75. The fourth-order valence-corrected chi connectivity index (χ4v) is 1.18. The quantitative estimate of drug-likeness (QED) is 0.620. The van der Waals surface area contributed by atoms with E-state index in [2.05, 4.69) is 17.5 Å². The van der Waals surface area contributed by atoms with Gasteiger partial charge >= 0.3 is 0 Å². The van der Waals surface area contributed by atoms with Crippen molar-refractivity contribution in [1.29, 1.82) is 0 Å². The molecular weight excluding hydrogens is 162 g/mol. The predicted molar refractivity (Wildman–Crippen MR) is 45.9 cm³/mol. The molecule has 11 heavy (non-hydrogen) atoms. The highest BCUT2D eigenvalue weighted by Crippen LogP contribution is 1.98. The lowest BCUT2D eigenvalue weighted by Gasteiger charge is -2.25. The van der Waals surface area contributed by atoms with Crippen molar-refractivity contribution in [2.45, 2.75) is 6.42 Å². The Morgan fingerprint density at radius 1 is 1.45 bits per heavy atom. The maximum atomic E-state index is 10.5. The Bertz CT molecular complexity index is 134. The Balaban J connectivity index is 2.09. The molecule has 1 rings (SSSR count). The molecule has 0 aromatic rings. The Hall–Kier alpha value is -0.0600. The number of carbonyl (C=O) groups is 1. The number of hydrogen-bond acceptors (Lipinski definition) is 3. The molecule has 64 valence electrons. The molecule has 0 N–H and O–H groups in total. The van der Waals surface area contributed by atoms with Crippen LogP contribution in [0.2, 0.25) is 0 Å². The highest BCUT2D eigenvalue weighted by Gasteiger charge is 2.09. The first-order valence-corrected chi connectivity index (χ1v) is 4.25. The lowest BCUT2D eigenvalue weighted by molar-refractivity contribution is -0.111. The van der Waals surface area contributed by atoms with E-state index in [4.69, 9.17) is 4.74 Å². The first-order chi connectivity index (χ1) is 5.29. The summed E-state index contributed by atoms with van der Waals surface area (Å²) in [5.74, 6) is 0. The molecule has 1 aliphatic heterocycles. The molecule has 0 aromatic heterocycles. The van der Waals surface area contributed by atoms with E-state index in [0.717, 1.165) is 32.8 Å². The summed E-state index contributed by atoms with van der Waals surface area (Å²) >= 11 is 3.70. The van der Waals surface area contributed by atoms with Crippen LogP contribution in [0, 0.1) is 0 Å². The molecule has 0 bridgehead atoms. The zero-order valence-corrected chi connectivity index (χ0v) is 7.35. The highest BCUT2D eigenvalue weighted by atomic mass is 32.1. The van der Waals surface area contributed by atoms with Crippen molar-refractivity contribution in [2.75, 3.05) is 32.8 Å². The molecule has 0 saturated carbocycles. The lowest BCUT2D eigenvalue weighted by atomic mass is 10.3. The number of ether oxygens (including phenoxy) is 1. The topological polar surface area (TPSA) is 29.5 Å². The molecule has 1 aliphatic rings. The van der Waals surface area contributed by atoms with Crippen LogP contribution in [0.3, 0.4) is 0 Å². The van der Waals surface area contributed by atoms with Gasteiger partial charge in [0.1, 0.15) is 0 Å². The summed E-state index contributed by atoms with van der Waals surface area (Å²) in [6.45, 7) is 4.30. The fourth-order valence-electron chi connectivity index (χ4n) is 1.08. The highest BCUT2D eigenvalue weighted by molar-refractivity contribution is 7.96. The molecule has 0 radical (unpaired) electrons. The first-order valence-electron chi connectivity index (χ1n) is 3.81. The minimum Gasteiger partial charge on any atom is -0.379 e. The molecular formula is C7H13NO2S. The van der Waals surface area contributed by atoms with Crippen LogP contribution in [0.25, 0.3) is 0 Å². The number of thiol groups is 1. The van der Waals surface area contributed by atoms with Gasteiger partial charge in [0.15, 0.2) is 5.12 Å². The second-order valence-corrected chi connectivity index (χ2v) is 3.10. The molecule has 1 saturated heterocycles. The first kappa shape index (κ1) is 9.03. The summed E-state index contributed by atoms with van der Waals surface area (Å²) in [4.78, 5) is 12.7. The minimum absolute atomic E-state index is 0.0310. The zero-order valence-electron chi connectivity index (χ0n) is 6.45. The second kappa shape index (κ2) is 4.74. The summed E-state index contributed by atoms with van der Waals surface area (Å²) in [5.41, 5.74) is 0. The van der Waals surface area contributed by atoms with E-state index < -0.39 is 0 Å². The predicted octanol–water partition coefficient (Wildman–Crippen LogP) is 0.165. The molecule has 0 amide bonds. The van der Waals surface area contributed by atoms with Gasteiger partial charge in [0.25, 0.3) is 0 Å². The minimum atomic E-state index is -0.0310. The van der Waals surface area contributed by atoms with E-state index in [-0.39, 0.29) is 5.12 Å². The Kier molecular flexibility index (Phi) is 3.90. The zero-order chi connectivity index (χ0) is 8.10. The molecule has 0 aliphatic carbocycles. The van der Waals surface area contributed by atoms with Gasteiger partial charge < -0.3 is 4.74 Å². The van der Waals surface area contributed by atoms with Gasteiger partial charge in [-0.3, -0.25) is 9.69 Å². The third-order valence-corrected chi connectivity index (χ3v) is 1.97. The van der Waals surface area contributed by atoms with Crippen molar-refractivity contribution in [1.82, 2.24) is 4.90 Å². The van der Waals surface area contributed by atoms with Crippen molar-refractivity contribution >= 4 is 17.7 Å². The van der Waals surface area contributed by atoms with Crippen LogP contribution in [-0.2, 0) is 9.53 Å². The SMILES string of the molecule is O=C(S)CCN1CCOCC1. The third kappa shape index (κ3) is 3.74. The van der Waals surface area contributed by atoms with Crippen LogP contribution in [0.4, 0.5) is 0 Å². The van der Waals surface area contributed by atoms with Crippen LogP contribution in [0.5, 0.6) is 0 Å². The molecule has 3 nitrogen and oxygen atoms in total. The van der Waals surface area contributed by atoms with E-state index >= 15 is 0 Å². The average molecular weight is 175 g/mol. The molecule has 0 atom stereocenters. The molecule has 1 fully saturated rings. The number of rotatable bonds is 3. The molecule has 0 aromatic carbocycles. The summed E-state index contributed by atoms with van der Waals surface area (Å²) < 4.78 is 5.16. The smallest absolute Gasteiger partial charge is 0.187 e. The maximum absolute atomic E-state index is 10.5. The van der Waals surface area contributed by atoms with Gasteiger partial charge in [-0.2, -0.15) is 0 Å². The van der Waals surface area contributed by atoms with Crippen LogP contribution in [0.15, 0.2) is 0 Å². The van der Waals surface area contributed by atoms with E-state index in [1.54, 1.807) is 0 Å². The van der Waals surface area contributed by atoms with Crippen LogP contribution in [0.1, 0.15) is 6.42 Å².